The number of aliphatic imine (C=N–C) groups is 1. The van der Waals surface area contributed by atoms with Gasteiger partial charge in [0, 0.05) is 25.6 Å². The molecule has 0 heterocycles. The lowest BCUT2D eigenvalue weighted by atomic mass is 9.85. The van der Waals surface area contributed by atoms with Gasteiger partial charge in [0.05, 0.1) is 0 Å². The van der Waals surface area contributed by atoms with Crippen LogP contribution in [-0.4, -0.2) is 31.5 Å². The van der Waals surface area contributed by atoms with Crippen LogP contribution in [0.2, 0.25) is 0 Å². The van der Waals surface area contributed by atoms with Crippen molar-refractivity contribution in [3.05, 3.63) is 12.7 Å². The highest BCUT2D eigenvalue weighted by Crippen LogP contribution is 2.25. The summed E-state index contributed by atoms with van der Waals surface area (Å²) in [6.07, 6.45) is 5.81. The second-order valence-electron chi connectivity index (χ2n) is 4.21. The van der Waals surface area contributed by atoms with Gasteiger partial charge in [-0.3, -0.25) is 9.79 Å². The van der Waals surface area contributed by atoms with Gasteiger partial charge in [0.25, 0.3) is 0 Å². The van der Waals surface area contributed by atoms with Crippen LogP contribution < -0.4 is 16.4 Å². The summed E-state index contributed by atoms with van der Waals surface area (Å²) in [4.78, 5) is 15.6. The van der Waals surface area contributed by atoms with Crippen LogP contribution in [0.5, 0.6) is 0 Å². The van der Waals surface area contributed by atoms with Crippen molar-refractivity contribution in [2.24, 2.45) is 16.6 Å². The van der Waals surface area contributed by atoms with E-state index < -0.39 is 0 Å². The Morgan fingerprint density at radius 3 is 2.72 bits per heavy atom. The van der Waals surface area contributed by atoms with Crippen molar-refractivity contribution in [2.75, 3.05) is 19.6 Å². The fraction of sp³-hybridized carbons (Fsp3) is 0.667. The highest BCUT2D eigenvalue weighted by Gasteiger charge is 2.24. The van der Waals surface area contributed by atoms with Crippen LogP contribution in [0.3, 0.4) is 0 Å². The van der Waals surface area contributed by atoms with E-state index in [1.54, 1.807) is 6.08 Å². The molecule has 0 aromatic carbocycles. The van der Waals surface area contributed by atoms with Crippen molar-refractivity contribution in [1.29, 1.82) is 0 Å². The molecular formula is C12H23IN4O. The molecule has 0 unspecified atom stereocenters. The van der Waals surface area contributed by atoms with Gasteiger partial charge in [0.1, 0.15) is 0 Å². The molecule has 1 saturated carbocycles. The van der Waals surface area contributed by atoms with Crippen molar-refractivity contribution in [2.45, 2.75) is 25.7 Å². The molecule has 0 radical (unpaired) electrons. The molecule has 0 spiro atoms. The van der Waals surface area contributed by atoms with E-state index in [4.69, 9.17) is 5.73 Å². The van der Waals surface area contributed by atoms with Crippen LogP contribution in [-0.2, 0) is 4.79 Å². The summed E-state index contributed by atoms with van der Waals surface area (Å²) in [5, 5.41) is 5.81. The first-order valence-electron chi connectivity index (χ1n) is 6.16. The smallest absolute Gasteiger partial charge is 0.223 e. The van der Waals surface area contributed by atoms with E-state index in [1.807, 2.05) is 0 Å². The topological polar surface area (TPSA) is 79.5 Å². The molecule has 0 aromatic heterocycles. The minimum atomic E-state index is 0. The number of carbonyl (C=O) groups excluding carboxylic acids is 1. The lowest BCUT2D eigenvalue weighted by molar-refractivity contribution is -0.127. The van der Waals surface area contributed by atoms with Gasteiger partial charge in [-0.05, 0) is 19.3 Å². The average molecular weight is 366 g/mol. The normalized spacial score (nSPS) is 15.2. The number of hydrogen-bond donors (Lipinski definition) is 3. The van der Waals surface area contributed by atoms with Gasteiger partial charge < -0.3 is 16.4 Å². The Kier molecular flexibility index (Phi) is 9.72. The van der Waals surface area contributed by atoms with Gasteiger partial charge in [-0.1, -0.05) is 12.5 Å². The van der Waals surface area contributed by atoms with Gasteiger partial charge >= 0.3 is 0 Å². The summed E-state index contributed by atoms with van der Waals surface area (Å²) in [7, 11) is 0. The zero-order valence-corrected chi connectivity index (χ0v) is 13.0. The van der Waals surface area contributed by atoms with Gasteiger partial charge in [-0.2, -0.15) is 0 Å². The lowest BCUT2D eigenvalue weighted by Crippen LogP contribution is -2.35. The maximum atomic E-state index is 11.5. The Labute approximate surface area is 126 Å². The van der Waals surface area contributed by atoms with Crippen LogP contribution in [0.1, 0.15) is 25.7 Å². The molecule has 0 atom stereocenters. The van der Waals surface area contributed by atoms with Gasteiger partial charge in [-0.25, -0.2) is 0 Å². The molecule has 104 valence electrons. The molecule has 18 heavy (non-hydrogen) atoms. The summed E-state index contributed by atoms with van der Waals surface area (Å²) in [5.74, 6) is 0.881. The third-order valence-electron chi connectivity index (χ3n) is 2.82. The third kappa shape index (κ3) is 6.83. The van der Waals surface area contributed by atoms with Crippen LogP contribution in [0.4, 0.5) is 0 Å². The Bertz CT molecular complexity index is 290. The number of nitrogens with zero attached hydrogens (tertiary/aromatic N) is 1. The highest BCUT2D eigenvalue weighted by molar-refractivity contribution is 14.0. The molecule has 4 N–H and O–H groups in total. The minimum absolute atomic E-state index is 0. The minimum Gasteiger partial charge on any atom is -0.370 e. The lowest BCUT2D eigenvalue weighted by Gasteiger charge is -2.23. The number of carbonyl (C=O) groups is 1. The predicted molar refractivity (Wildman–Crippen MR) is 85.1 cm³/mol. The number of nitrogens with two attached hydrogens (primary N) is 1. The van der Waals surface area contributed by atoms with E-state index in [-0.39, 0.29) is 35.8 Å². The molecule has 1 aliphatic carbocycles. The molecule has 0 bridgehead atoms. The summed E-state index contributed by atoms with van der Waals surface area (Å²) < 4.78 is 0. The Hall–Kier alpha value is -0.790. The Morgan fingerprint density at radius 2 is 2.17 bits per heavy atom. The van der Waals surface area contributed by atoms with E-state index in [0.29, 0.717) is 25.6 Å². The molecule has 1 rings (SSSR count). The standard InChI is InChI=1S/C12H22N4O.HI/c1-2-7-15-12(13)16-9-4-8-14-11(17)10-5-3-6-10;/h2,10H,1,3-9H2,(H,14,17)(H3,13,15,16);1H. The molecular weight excluding hydrogens is 343 g/mol. The van der Waals surface area contributed by atoms with E-state index >= 15 is 0 Å². The van der Waals surface area contributed by atoms with E-state index in [1.165, 1.54) is 6.42 Å². The fourth-order valence-corrected chi connectivity index (χ4v) is 1.54. The fourth-order valence-electron chi connectivity index (χ4n) is 1.54. The zero-order chi connectivity index (χ0) is 12.5. The maximum Gasteiger partial charge on any atom is 0.223 e. The summed E-state index contributed by atoms with van der Waals surface area (Å²) in [5.41, 5.74) is 5.58. The molecule has 1 fully saturated rings. The first-order valence-corrected chi connectivity index (χ1v) is 6.16. The Morgan fingerprint density at radius 1 is 1.44 bits per heavy atom. The molecule has 0 aromatic rings. The first kappa shape index (κ1) is 17.2. The number of amides is 1. The van der Waals surface area contributed by atoms with Gasteiger partial charge in [0.15, 0.2) is 5.96 Å². The number of guanidine groups is 1. The SMILES string of the molecule is C=CCNC(N)=NCCCNC(=O)C1CCC1.I. The summed E-state index contributed by atoms with van der Waals surface area (Å²) >= 11 is 0. The Balaban J connectivity index is 0.00000289. The monoisotopic (exact) mass is 366 g/mol. The second kappa shape index (κ2) is 10.2. The number of rotatable bonds is 7. The third-order valence-corrected chi connectivity index (χ3v) is 2.82. The van der Waals surface area contributed by atoms with Crippen LogP contribution in [0, 0.1) is 5.92 Å². The van der Waals surface area contributed by atoms with E-state index in [9.17, 15) is 4.79 Å². The first-order chi connectivity index (χ1) is 8.24. The van der Waals surface area contributed by atoms with Gasteiger partial charge in [-0.15, -0.1) is 30.6 Å². The van der Waals surface area contributed by atoms with E-state index in [2.05, 4.69) is 22.2 Å². The number of nitrogens with one attached hydrogen (secondary N) is 2. The zero-order valence-electron chi connectivity index (χ0n) is 10.7. The highest BCUT2D eigenvalue weighted by atomic mass is 127. The number of hydrogen-bond acceptors (Lipinski definition) is 2. The quantitative estimate of drug-likeness (QED) is 0.207. The maximum absolute atomic E-state index is 11.5. The summed E-state index contributed by atoms with van der Waals surface area (Å²) in [6.45, 7) is 5.49. The molecule has 5 nitrogen and oxygen atoms in total. The van der Waals surface area contributed by atoms with Crippen molar-refractivity contribution in [3.8, 4) is 0 Å². The average Bonchev–Trinajstić information content (AvgIpc) is 2.23. The molecule has 1 aliphatic rings. The molecule has 6 heteroatoms. The van der Waals surface area contributed by atoms with Crippen molar-refractivity contribution in [1.82, 2.24) is 10.6 Å². The number of halogens is 1. The molecule has 1 amide bonds. The molecule has 0 saturated heterocycles. The van der Waals surface area contributed by atoms with Crippen LogP contribution >= 0.6 is 24.0 Å². The van der Waals surface area contributed by atoms with E-state index in [0.717, 1.165) is 19.3 Å². The van der Waals surface area contributed by atoms with Crippen LogP contribution in [0.25, 0.3) is 0 Å². The van der Waals surface area contributed by atoms with Crippen LogP contribution in [0.15, 0.2) is 17.6 Å². The summed E-state index contributed by atoms with van der Waals surface area (Å²) in [6, 6.07) is 0. The predicted octanol–water partition coefficient (Wildman–Crippen LogP) is 1.00. The van der Waals surface area contributed by atoms with Crippen molar-refractivity contribution < 1.29 is 4.79 Å². The second-order valence-corrected chi connectivity index (χ2v) is 4.21. The van der Waals surface area contributed by atoms with Gasteiger partial charge in [0.2, 0.25) is 5.91 Å². The van der Waals surface area contributed by atoms with Crippen molar-refractivity contribution >= 4 is 35.8 Å². The largest absolute Gasteiger partial charge is 0.370 e. The van der Waals surface area contributed by atoms with Crippen molar-refractivity contribution in [3.63, 3.8) is 0 Å². The molecule has 0 aliphatic heterocycles.